The average molecular weight is 338 g/mol. The molecule has 2 aromatic carbocycles. The lowest BCUT2D eigenvalue weighted by atomic mass is 10.0. The van der Waals surface area contributed by atoms with Gasteiger partial charge in [-0.25, -0.2) is 4.79 Å². The van der Waals surface area contributed by atoms with Gasteiger partial charge in [-0.3, -0.25) is 4.90 Å². The Bertz CT molecular complexity index is 781. The second-order valence-electron chi connectivity index (χ2n) is 6.79. The van der Waals surface area contributed by atoms with Crippen molar-refractivity contribution in [2.45, 2.75) is 39.2 Å². The third kappa shape index (κ3) is 3.78. The number of urea groups is 1. The number of aryl methyl sites for hydroxylation is 2. The molecule has 0 unspecified atom stereocenters. The van der Waals surface area contributed by atoms with Crippen LogP contribution in [0.1, 0.15) is 41.0 Å². The topological polar surface area (TPSA) is 41.6 Å². The Morgan fingerprint density at radius 3 is 2.64 bits per heavy atom. The Hall–Kier alpha value is -2.49. The van der Waals surface area contributed by atoms with E-state index in [-0.39, 0.29) is 6.03 Å². The lowest BCUT2D eigenvalue weighted by Gasteiger charge is -2.23. The van der Waals surface area contributed by atoms with Gasteiger partial charge in [0.1, 0.15) is 12.4 Å². The van der Waals surface area contributed by atoms with Crippen molar-refractivity contribution >= 4 is 11.7 Å². The second kappa shape index (κ2) is 7.18. The van der Waals surface area contributed by atoms with Crippen LogP contribution in [0.5, 0.6) is 5.75 Å². The fraction of sp³-hybridized carbons (Fsp3) is 0.381. The molecular weight excluding hydrogens is 312 g/mol. The highest BCUT2D eigenvalue weighted by Crippen LogP contribution is 2.44. The van der Waals surface area contributed by atoms with Gasteiger partial charge in [0, 0.05) is 19.7 Å². The number of rotatable bonds is 5. The number of hydrogen-bond donors (Lipinski definition) is 1. The van der Waals surface area contributed by atoms with E-state index in [1.165, 1.54) is 24.0 Å². The van der Waals surface area contributed by atoms with Crippen molar-refractivity contribution in [2.24, 2.45) is 0 Å². The molecule has 1 aliphatic carbocycles. The molecule has 1 saturated carbocycles. The first-order chi connectivity index (χ1) is 12.0. The molecule has 3 rings (SSSR count). The van der Waals surface area contributed by atoms with E-state index < -0.39 is 0 Å². The third-order valence-electron chi connectivity index (χ3n) is 4.79. The van der Waals surface area contributed by atoms with Crippen LogP contribution >= 0.6 is 0 Å². The minimum Gasteiger partial charge on any atom is -0.489 e. The van der Waals surface area contributed by atoms with Crippen LogP contribution < -0.4 is 15.0 Å². The molecule has 0 spiro atoms. The summed E-state index contributed by atoms with van der Waals surface area (Å²) in [5.41, 5.74) is 5.68. The molecule has 0 saturated heterocycles. The van der Waals surface area contributed by atoms with Gasteiger partial charge in [0.2, 0.25) is 0 Å². The zero-order valence-corrected chi connectivity index (χ0v) is 15.4. The second-order valence-corrected chi connectivity index (χ2v) is 6.79. The smallest absolute Gasteiger partial charge is 0.321 e. The maximum absolute atomic E-state index is 12.1. The van der Waals surface area contributed by atoms with Gasteiger partial charge in [-0.2, -0.15) is 0 Å². The molecular formula is C21H26N2O2. The van der Waals surface area contributed by atoms with Gasteiger partial charge in [0.05, 0.1) is 5.69 Å². The van der Waals surface area contributed by atoms with Crippen molar-refractivity contribution in [3.8, 4) is 5.75 Å². The number of benzene rings is 2. The first-order valence-corrected chi connectivity index (χ1v) is 8.78. The van der Waals surface area contributed by atoms with Crippen molar-refractivity contribution in [3.63, 3.8) is 0 Å². The highest BCUT2D eigenvalue weighted by atomic mass is 16.5. The monoisotopic (exact) mass is 338 g/mol. The predicted octanol–water partition coefficient (Wildman–Crippen LogP) is 4.54. The molecule has 132 valence electrons. The van der Waals surface area contributed by atoms with Crippen LogP contribution in [0.2, 0.25) is 0 Å². The lowest BCUT2D eigenvalue weighted by Crippen LogP contribution is -2.35. The van der Waals surface area contributed by atoms with Crippen molar-refractivity contribution in [3.05, 3.63) is 58.7 Å². The molecule has 25 heavy (non-hydrogen) atoms. The van der Waals surface area contributed by atoms with Crippen LogP contribution in [-0.2, 0) is 6.61 Å². The average Bonchev–Trinajstić information content (AvgIpc) is 3.44. The Kier molecular flexibility index (Phi) is 4.98. The van der Waals surface area contributed by atoms with Crippen molar-refractivity contribution in [2.75, 3.05) is 19.0 Å². The standard InChI is InChI=1S/C21H26N2O2/c1-14-8-11-20(15(2)12-14)25-13-18-17(16-9-10-16)6-5-7-19(18)23(4)21(24)22-3/h5-8,11-12,16H,9-10,13H2,1-4H3,(H,22,24). The van der Waals surface area contributed by atoms with Crippen molar-refractivity contribution in [1.82, 2.24) is 5.32 Å². The molecule has 0 aliphatic heterocycles. The molecule has 2 aromatic rings. The van der Waals surface area contributed by atoms with E-state index in [0.29, 0.717) is 12.5 Å². The minimum absolute atomic E-state index is 0.124. The van der Waals surface area contributed by atoms with Crippen LogP contribution in [0.3, 0.4) is 0 Å². The van der Waals surface area contributed by atoms with E-state index in [2.05, 4.69) is 37.4 Å². The fourth-order valence-electron chi connectivity index (χ4n) is 3.23. The van der Waals surface area contributed by atoms with Gasteiger partial charge in [-0.05, 0) is 55.9 Å². The minimum atomic E-state index is -0.124. The molecule has 0 radical (unpaired) electrons. The van der Waals surface area contributed by atoms with Gasteiger partial charge in [-0.15, -0.1) is 0 Å². The third-order valence-corrected chi connectivity index (χ3v) is 4.79. The van der Waals surface area contributed by atoms with Crippen LogP contribution in [0.4, 0.5) is 10.5 Å². The Morgan fingerprint density at radius 1 is 1.24 bits per heavy atom. The molecule has 4 nitrogen and oxygen atoms in total. The van der Waals surface area contributed by atoms with Crippen molar-refractivity contribution in [1.29, 1.82) is 0 Å². The van der Waals surface area contributed by atoms with E-state index in [4.69, 9.17) is 4.74 Å². The highest BCUT2D eigenvalue weighted by molar-refractivity contribution is 5.92. The summed E-state index contributed by atoms with van der Waals surface area (Å²) in [5.74, 6) is 1.49. The Morgan fingerprint density at radius 2 is 2.00 bits per heavy atom. The summed E-state index contributed by atoms with van der Waals surface area (Å²) < 4.78 is 6.14. The maximum Gasteiger partial charge on any atom is 0.321 e. The summed E-state index contributed by atoms with van der Waals surface area (Å²) in [6.45, 7) is 4.61. The van der Waals surface area contributed by atoms with Gasteiger partial charge in [0.25, 0.3) is 0 Å². The SMILES string of the molecule is CNC(=O)N(C)c1cccc(C2CC2)c1COc1ccc(C)cc1C. The first-order valence-electron chi connectivity index (χ1n) is 8.78. The highest BCUT2D eigenvalue weighted by Gasteiger charge is 2.28. The molecule has 0 bridgehead atoms. The first kappa shape index (κ1) is 17.3. The molecule has 0 heterocycles. The molecule has 0 atom stereocenters. The molecule has 1 aliphatic rings. The summed E-state index contributed by atoms with van der Waals surface area (Å²) in [6, 6.07) is 12.3. The zero-order valence-electron chi connectivity index (χ0n) is 15.4. The number of anilines is 1. The number of carbonyl (C=O) groups excluding carboxylic acids is 1. The van der Waals surface area contributed by atoms with E-state index >= 15 is 0 Å². The Labute approximate surface area is 149 Å². The van der Waals surface area contributed by atoms with Gasteiger partial charge in [0.15, 0.2) is 0 Å². The molecule has 1 N–H and O–H groups in total. The predicted molar refractivity (Wildman–Crippen MR) is 102 cm³/mol. The van der Waals surface area contributed by atoms with Crippen LogP contribution in [0.15, 0.2) is 36.4 Å². The number of carbonyl (C=O) groups is 1. The van der Waals surface area contributed by atoms with E-state index in [9.17, 15) is 4.79 Å². The lowest BCUT2D eigenvalue weighted by molar-refractivity contribution is 0.249. The van der Waals surface area contributed by atoms with E-state index in [1.807, 2.05) is 18.2 Å². The van der Waals surface area contributed by atoms with Crippen molar-refractivity contribution < 1.29 is 9.53 Å². The number of nitrogens with one attached hydrogen (secondary N) is 1. The zero-order chi connectivity index (χ0) is 18.0. The maximum atomic E-state index is 12.1. The number of nitrogens with zero attached hydrogens (tertiary/aromatic N) is 1. The number of amides is 2. The largest absolute Gasteiger partial charge is 0.489 e. The molecule has 4 heteroatoms. The summed E-state index contributed by atoms with van der Waals surface area (Å²) in [4.78, 5) is 13.8. The van der Waals surface area contributed by atoms with Crippen LogP contribution in [-0.4, -0.2) is 20.1 Å². The van der Waals surface area contributed by atoms with E-state index in [0.717, 1.165) is 22.6 Å². The summed E-state index contributed by atoms with van der Waals surface area (Å²) in [6.07, 6.45) is 2.42. The molecule has 1 fully saturated rings. The van der Waals surface area contributed by atoms with Gasteiger partial charge >= 0.3 is 6.03 Å². The number of hydrogen-bond acceptors (Lipinski definition) is 2. The fourth-order valence-corrected chi connectivity index (χ4v) is 3.23. The summed E-state index contributed by atoms with van der Waals surface area (Å²) in [7, 11) is 3.45. The molecule has 2 amide bonds. The van der Waals surface area contributed by atoms with Crippen LogP contribution in [0, 0.1) is 13.8 Å². The van der Waals surface area contributed by atoms with Gasteiger partial charge in [-0.1, -0.05) is 29.8 Å². The summed E-state index contributed by atoms with van der Waals surface area (Å²) in [5, 5.41) is 2.69. The normalized spacial score (nSPS) is 13.4. The quantitative estimate of drug-likeness (QED) is 0.870. The summed E-state index contributed by atoms with van der Waals surface area (Å²) >= 11 is 0. The molecule has 0 aromatic heterocycles. The van der Waals surface area contributed by atoms with Gasteiger partial charge < -0.3 is 10.1 Å². The Balaban J connectivity index is 1.91. The van der Waals surface area contributed by atoms with Crippen LogP contribution in [0.25, 0.3) is 0 Å². The number of ether oxygens (including phenoxy) is 1. The van der Waals surface area contributed by atoms with E-state index in [1.54, 1.807) is 19.0 Å².